The van der Waals surface area contributed by atoms with Crippen LogP contribution >= 0.6 is 15.9 Å². The summed E-state index contributed by atoms with van der Waals surface area (Å²) in [5, 5.41) is 4.57. The van der Waals surface area contributed by atoms with Gasteiger partial charge in [0, 0.05) is 10.2 Å². The number of halogens is 1. The molecule has 1 heterocycles. The Morgan fingerprint density at radius 3 is 2.58 bits per heavy atom. The molecule has 4 heteroatoms. The normalized spacial score (nSPS) is 10.7. The lowest BCUT2D eigenvalue weighted by atomic mass is 10.1. The Labute approximate surface area is 121 Å². The van der Waals surface area contributed by atoms with Crippen LogP contribution in [0.5, 0.6) is 0 Å². The van der Waals surface area contributed by atoms with Crippen LogP contribution in [0.15, 0.2) is 28.7 Å². The van der Waals surface area contributed by atoms with Crippen molar-refractivity contribution >= 4 is 22.2 Å². The molecule has 1 aromatic heterocycles. The number of aromatic nitrogens is 2. The van der Waals surface area contributed by atoms with Gasteiger partial charge in [0.1, 0.15) is 0 Å². The highest BCUT2D eigenvalue weighted by atomic mass is 79.9. The van der Waals surface area contributed by atoms with E-state index in [0.717, 1.165) is 40.6 Å². The maximum Gasteiger partial charge on any atom is 0.153 e. The molecule has 0 amide bonds. The van der Waals surface area contributed by atoms with Crippen molar-refractivity contribution in [3.05, 3.63) is 51.3 Å². The van der Waals surface area contributed by atoms with Gasteiger partial charge in [-0.05, 0) is 24.5 Å². The Bertz CT molecular complexity index is 590. The molecule has 3 nitrogen and oxygen atoms in total. The fourth-order valence-corrected chi connectivity index (χ4v) is 2.66. The van der Waals surface area contributed by atoms with Gasteiger partial charge in [0.2, 0.25) is 0 Å². The predicted molar refractivity (Wildman–Crippen MR) is 79.6 cm³/mol. The minimum atomic E-state index is 0.686. The van der Waals surface area contributed by atoms with E-state index in [-0.39, 0.29) is 0 Å². The third-order valence-electron chi connectivity index (χ3n) is 3.24. The standard InChI is InChI=1S/C15H17BrN2O/c1-3-14-12(10-19)15(4-2)18(17-14)9-11-7-5-6-8-13(11)16/h5-8,10H,3-4,9H2,1-2H3. The first-order valence-electron chi connectivity index (χ1n) is 6.48. The lowest BCUT2D eigenvalue weighted by Gasteiger charge is -2.08. The molecule has 2 rings (SSSR count). The average Bonchev–Trinajstić information content (AvgIpc) is 2.78. The van der Waals surface area contributed by atoms with Crippen LogP contribution in [0.1, 0.15) is 41.2 Å². The smallest absolute Gasteiger partial charge is 0.153 e. The number of carbonyl (C=O) groups is 1. The lowest BCUT2D eigenvalue weighted by molar-refractivity contribution is 0.112. The van der Waals surface area contributed by atoms with Crippen LogP contribution in [0.2, 0.25) is 0 Å². The minimum Gasteiger partial charge on any atom is -0.298 e. The Morgan fingerprint density at radius 2 is 2.00 bits per heavy atom. The van der Waals surface area contributed by atoms with Crippen LogP contribution in [0.25, 0.3) is 0 Å². The molecular formula is C15H17BrN2O. The van der Waals surface area contributed by atoms with Crippen molar-refractivity contribution in [1.82, 2.24) is 9.78 Å². The van der Waals surface area contributed by atoms with E-state index in [9.17, 15) is 4.79 Å². The zero-order valence-electron chi connectivity index (χ0n) is 11.2. The number of hydrogen-bond donors (Lipinski definition) is 0. The quantitative estimate of drug-likeness (QED) is 0.788. The van der Waals surface area contributed by atoms with Gasteiger partial charge >= 0.3 is 0 Å². The van der Waals surface area contributed by atoms with Crippen LogP contribution in [0, 0.1) is 0 Å². The monoisotopic (exact) mass is 320 g/mol. The van der Waals surface area contributed by atoms with E-state index >= 15 is 0 Å². The topological polar surface area (TPSA) is 34.9 Å². The van der Waals surface area contributed by atoms with Crippen molar-refractivity contribution < 1.29 is 4.79 Å². The second-order valence-corrected chi connectivity index (χ2v) is 5.24. The molecule has 1 aromatic carbocycles. The van der Waals surface area contributed by atoms with E-state index in [2.05, 4.69) is 34.0 Å². The summed E-state index contributed by atoms with van der Waals surface area (Å²) in [5.41, 5.74) is 3.83. The van der Waals surface area contributed by atoms with Gasteiger partial charge in [-0.15, -0.1) is 0 Å². The third kappa shape index (κ3) is 2.78. The van der Waals surface area contributed by atoms with Crippen molar-refractivity contribution in [3.8, 4) is 0 Å². The summed E-state index contributed by atoms with van der Waals surface area (Å²) in [6.07, 6.45) is 2.52. The minimum absolute atomic E-state index is 0.686. The highest BCUT2D eigenvalue weighted by Crippen LogP contribution is 2.20. The van der Waals surface area contributed by atoms with Gasteiger partial charge in [-0.25, -0.2) is 0 Å². The second kappa shape index (κ2) is 6.15. The number of hydrogen-bond acceptors (Lipinski definition) is 2. The first kappa shape index (κ1) is 14.0. The maximum atomic E-state index is 11.2. The summed E-state index contributed by atoms with van der Waals surface area (Å²) in [7, 11) is 0. The third-order valence-corrected chi connectivity index (χ3v) is 4.01. The average molecular weight is 321 g/mol. The molecule has 0 aliphatic rings. The number of aryl methyl sites for hydroxylation is 1. The Hall–Kier alpha value is -1.42. The summed E-state index contributed by atoms with van der Waals surface area (Å²) in [6.45, 7) is 4.77. The fourth-order valence-electron chi connectivity index (χ4n) is 2.25. The number of nitrogens with zero attached hydrogens (tertiary/aromatic N) is 2. The molecule has 0 saturated carbocycles. The first-order chi connectivity index (χ1) is 9.21. The van der Waals surface area contributed by atoms with Crippen molar-refractivity contribution in [2.45, 2.75) is 33.2 Å². The molecular weight excluding hydrogens is 304 g/mol. The van der Waals surface area contributed by atoms with Crippen LogP contribution in [-0.2, 0) is 19.4 Å². The molecule has 19 heavy (non-hydrogen) atoms. The van der Waals surface area contributed by atoms with Gasteiger partial charge in [0.25, 0.3) is 0 Å². The van der Waals surface area contributed by atoms with Gasteiger partial charge in [-0.3, -0.25) is 9.48 Å². The van der Waals surface area contributed by atoms with Crippen molar-refractivity contribution in [2.75, 3.05) is 0 Å². The van der Waals surface area contributed by atoms with Gasteiger partial charge in [0.05, 0.1) is 17.8 Å². The summed E-state index contributed by atoms with van der Waals surface area (Å²) in [5.74, 6) is 0. The number of aldehydes is 1. The molecule has 0 spiro atoms. The molecule has 0 N–H and O–H groups in total. The summed E-state index contributed by atoms with van der Waals surface area (Å²) in [4.78, 5) is 11.2. The number of carbonyl (C=O) groups excluding carboxylic acids is 1. The van der Waals surface area contributed by atoms with Gasteiger partial charge in [0.15, 0.2) is 6.29 Å². The van der Waals surface area contributed by atoms with Gasteiger partial charge < -0.3 is 0 Å². The summed E-state index contributed by atoms with van der Waals surface area (Å²) < 4.78 is 3.01. The van der Waals surface area contributed by atoms with Crippen molar-refractivity contribution in [3.63, 3.8) is 0 Å². The van der Waals surface area contributed by atoms with E-state index in [4.69, 9.17) is 0 Å². The summed E-state index contributed by atoms with van der Waals surface area (Å²) in [6, 6.07) is 8.09. The molecule has 0 bridgehead atoms. The molecule has 0 aliphatic heterocycles. The molecule has 0 fully saturated rings. The maximum absolute atomic E-state index is 11.2. The van der Waals surface area contributed by atoms with Crippen LogP contribution in [-0.4, -0.2) is 16.1 Å². The van der Waals surface area contributed by atoms with E-state index < -0.39 is 0 Å². The molecule has 0 saturated heterocycles. The molecule has 0 atom stereocenters. The second-order valence-electron chi connectivity index (χ2n) is 4.38. The van der Waals surface area contributed by atoms with Gasteiger partial charge in [-0.1, -0.05) is 48.0 Å². The largest absolute Gasteiger partial charge is 0.298 e. The molecule has 0 aliphatic carbocycles. The highest BCUT2D eigenvalue weighted by Gasteiger charge is 2.15. The van der Waals surface area contributed by atoms with Crippen LogP contribution in [0.3, 0.4) is 0 Å². The van der Waals surface area contributed by atoms with Crippen molar-refractivity contribution in [2.24, 2.45) is 0 Å². The van der Waals surface area contributed by atoms with E-state index in [1.807, 2.05) is 29.8 Å². The highest BCUT2D eigenvalue weighted by molar-refractivity contribution is 9.10. The predicted octanol–water partition coefficient (Wildman–Crippen LogP) is 3.63. The number of rotatable bonds is 5. The molecule has 0 radical (unpaired) electrons. The molecule has 100 valence electrons. The van der Waals surface area contributed by atoms with Gasteiger partial charge in [-0.2, -0.15) is 5.10 Å². The van der Waals surface area contributed by atoms with E-state index in [1.165, 1.54) is 5.56 Å². The Kier molecular flexibility index (Phi) is 4.53. The fraction of sp³-hybridized carbons (Fsp3) is 0.333. The number of benzene rings is 1. The Balaban J connectivity index is 2.43. The molecule has 0 unspecified atom stereocenters. The first-order valence-corrected chi connectivity index (χ1v) is 7.27. The molecule has 2 aromatic rings. The zero-order chi connectivity index (χ0) is 13.8. The van der Waals surface area contributed by atoms with E-state index in [1.54, 1.807) is 0 Å². The van der Waals surface area contributed by atoms with Crippen LogP contribution in [0.4, 0.5) is 0 Å². The Morgan fingerprint density at radius 1 is 1.26 bits per heavy atom. The van der Waals surface area contributed by atoms with Crippen molar-refractivity contribution in [1.29, 1.82) is 0 Å². The van der Waals surface area contributed by atoms with E-state index in [0.29, 0.717) is 6.54 Å². The van der Waals surface area contributed by atoms with Crippen LogP contribution < -0.4 is 0 Å². The lowest BCUT2D eigenvalue weighted by Crippen LogP contribution is -2.07. The zero-order valence-corrected chi connectivity index (χ0v) is 12.8. The summed E-state index contributed by atoms with van der Waals surface area (Å²) >= 11 is 3.55. The SMILES string of the molecule is CCc1nn(Cc2ccccc2Br)c(CC)c1C=O.